The molecule has 1 atom stereocenters. The predicted molar refractivity (Wildman–Crippen MR) is 81.6 cm³/mol. The van der Waals surface area contributed by atoms with E-state index in [1.165, 1.54) is 18.5 Å². The standard InChI is InChI=1S/C16H19N3O/c17-16(20)18-13-8-2-4-10-15(13)19-11-5-7-12-6-1-3-9-14(12)19/h1-4,8-10,12H,5-7,11H2,(H3,17,18,20). The predicted octanol–water partition coefficient (Wildman–Crippen LogP) is 3.24. The van der Waals surface area contributed by atoms with Crippen molar-refractivity contribution >= 4 is 17.4 Å². The Labute approximate surface area is 119 Å². The van der Waals surface area contributed by atoms with Crippen LogP contribution < -0.4 is 16.0 Å². The molecule has 3 rings (SSSR count). The number of rotatable bonds is 2. The zero-order chi connectivity index (χ0) is 13.9. The number of allylic oxidation sites excluding steroid dienone is 4. The first-order valence-electron chi connectivity index (χ1n) is 7.05. The number of piperidine rings is 1. The Bertz CT molecular complexity index is 577. The van der Waals surface area contributed by atoms with Crippen LogP contribution in [0, 0.1) is 5.92 Å². The molecule has 1 aromatic rings. The number of fused-ring (bicyclic) bond motifs is 1. The minimum Gasteiger partial charge on any atom is -0.351 e. The van der Waals surface area contributed by atoms with E-state index >= 15 is 0 Å². The van der Waals surface area contributed by atoms with Gasteiger partial charge in [0, 0.05) is 18.2 Å². The summed E-state index contributed by atoms with van der Waals surface area (Å²) in [5, 5.41) is 2.72. The van der Waals surface area contributed by atoms with Crippen LogP contribution in [0.2, 0.25) is 0 Å². The summed E-state index contributed by atoms with van der Waals surface area (Å²) in [6.07, 6.45) is 10.0. The number of anilines is 2. The van der Waals surface area contributed by atoms with Gasteiger partial charge in [0.2, 0.25) is 0 Å². The molecule has 4 nitrogen and oxygen atoms in total. The summed E-state index contributed by atoms with van der Waals surface area (Å²) in [6, 6.07) is 7.30. The lowest BCUT2D eigenvalue weighted by Gasteiger charge is -2.39. The number of benzene rings is 1. The minimum atomic E-state index is -0.525. The normalized spacial score (nSPS) is 21.1. The van der Waals surface area contributed by atoms with Crippen LogP contribution in [0.25, 0.3) is 0 Å². The lowest BCUT2D eigenvalue weighted by molar-refractivity contribution is 0.259. The number of hydrogen-bond donors (Lipinski definition) is 2. The molecule has 0 radical (unpaired) electrons. The van der Waals surface area contributed by atoms with Crippen molar-refractivity contribution < 1.29 is 4.79 Å². The summed E-state index contributed by atoms with van der Waals surface area (Å²) in [5.74, 6) is 0.593. The van der Waals surface area contributed by atoms with Crippen LogP contribution in [0.3, 0.4) is 0 Å². The van der Waals surface area contributed by atoms with Crippen molar-refractivity contribution in [3.63, 3.8) is 0 Å². The molecule has 3 N–H and O–H groups in total. The molecular formula is C16H19N3O. The van der Waals surface area contributed by atoms with Gasteiger partial charge in [0.25, 0.3) is 0 Å². The van der Waals surface area contributed by atoms with Crippen molar-refractivity contribution in [2.45, 2.75) is 19.3 Å². The van der Waals surface area contributed by atoms with E-state index in [9.17, 15) is 4.79 Å². The van der Waals surface area contributed by atoms with Crippen LogP contribution in [-0.2, 0) is 0 Å². The van der Waals surface area contributed by atoms with E-state index in [0.29, 0.717) is 5.92 Å². The van der Waals surface area contributed by atoms with Gasteiger partial charge in [-0.25, -0.2) is 4.79 Å². The molecule has 104 valence electrons. The van der Waals surface area contributed by atoms with Crippen LogP contribution in [0.4, 0.5) is 16.2 Å². The molecule has 2 amide bonds. The highest BCUT2D eigenvalue weighted by atomic mass is 16.2. The van der Waals surface area contributed by atoms with E-state index in [1.54, 1.807) is 0 Å². The maximum absolute atomic E-state index is 11.2. The first kappa shape index (κ1) is 12.8. The molecule has 0 spiro atoms. The Morgan fingerprint density at radius 2 is 2.20 bits per heavy atom. The number of carbonyl (C=O) groups is 1. The first-order chi connectivity index (χ1) is 9.75. The van der Waals surface area contributed by atoms with Gasteiger partial charge in [0.05, 0.1) is 11.4 Å². The van der Waals surface area contributed by atoms with Crippen LogP contribution in [0.15, 0.2) is 48.2 Å². The Morgan fingerprint density at radius 1 is 1.35 bits per heavy atom. The van der Waals surface area contributed by atoms with Crippen molar-refractivity contribution in [2.24, 2.45) is 11.7 Å². The lowest BCUT2D eigenvalue weighted by atomic mass is 9.87. The quantitative estimate of drug-likeness (QED) is 0.866. The highest BCUT2D eigenvalue weighted by Gasteiger charge is 2.27. The fourth-order valence-electron chi connectivity index (χ4n) is 3.07. The second-order valence-electron chi connectivity index (χ2n) is 5.25. The highest BCUT2D eigenvalue weighted by molar-refractivity contribution is 5.92. The summed E-state index contributed by atoms with van der Waals surface area (Å²) in [7, 11) is 0. The average molecular weight is 269 g/mol. The smallest absolute Gasteiger partial charge is 0.316 e. The third-order valence-electron chi connectivity index (χ3n) is 3.94. The van der Waals surface area contributed by atoms with E-state index in [0.717, 1.165) is 24.3 Å². The van der Waals surface area contributed by atoms with Gasteiger partial charge < -0.3 is 16.0 Å². The number of hydrogen-bond acceptors (Lipinski definition) is 2. The number of nitrogens with zero attached hydrogens (tertiary/aromatic N) is 1. The lowest BCUT2D eigenvalue weighted by Crippen LogP contribution is -2.34. The first-order valence-corrected chi connectivity index (χ1v) is 7.05. The second kappa shape index (κ2) is 5.41. The summed E-state index contributed by atoms with van der Waals surface area (Å²) in [4.78, 5) is 13.5. The zero-order valence-electron chi connectivity index (χ0n) is 11.4. The maximum atomic E-state index is 11.2. The summed E-state index contributed by atoms with van der Waals surface area (Å²) in [6.45, 7) is 0.980. The number of carbonyl (C=O) groups excluding carboxylic acids is 1. The molecule has 0 saturated carbocycles. The highest BCUT2D eigenvalue weighted by Crippen LogP contribution is 2.38. The summed E-state index contributed by atoms with van der Waals surface area (Å²) < 4.78 is 0. The molecule has 1 saturated heterocycles. The van der Waals surface area contributed by atoms with Crippen molar-refractivity contribution in [3.8, 4) is 0 Å². The molecule has 1 aliphatic carbocycles. The van der Waals surface area contributed by atoms with Crippen molar-refractivity contribution in [1.29, 1.82) is 0 Å². The molecule has 0 aromatic heterocycles. The molecule has 2 aliphatic rings. The van der Waals surface area contributed by atoms with Gasteiger partial charge in [-0.15, -0.1) is 0 Å². The van der Waals surface area contributed by atoms with E-state index in [2.05, 4.69) is 28.4 Å². The Kier molecular flexibility index (Phi) is 3.46. The molecule has 1 unspecified atom stereocenters. The number of nitrogens with two attached hydrogens (primary N) is 1. The number of nitrogens with one attached hydrogen (secondary N) is 1. The fraction of sp³-hybridized carbons (Fsp3) is 0.312. The third kappa shape index (κ3) is 2.41. The molecule has 20 heavy (non-hydrogen) atoms. The molecule has 1 aromatic carbocycles. The number of amides is 2. The molecule has 1 fully saturated rings. The van der Waals surface area contributed by atoms with Crippen molar-refractivity contribution in [1.82, 2.24) is 0 Å². The zero-order valence-corrected chi connectivity index (χ0v) is 11.4. The topological polar surface area (TPSA) is 58.4 Å². The average Bonchev–Trinajstić information content (AvgIpc) is 2.47. The Balaban J connectivity index is 1.97. The van der Waals surface area contributed by atoms with Crippen LogP contribution >= 0.6 is 0 Å². The van der Waals surface area contributed by atoms with Gasteiger partial charge in [-0.05, 0) is 37.5 Å². The Hall–Kier alpha value is -2.23. The number of para-hydroxylation sites is 2. The molecule has 1 heterocycles. The molecule has 0 bridgehead atoms. The van der Waals surface area contributed by atoms with Gasteiger partial charge >= 0.3 is 6.03 Å². The van der Waals surface area contributed by atoms with E-state index in [1.807, 2.05) is 24.3 Å². The second-order valence-corrected chi connectivity index (χ2v) is 5.25. The van der Waals surface area contributed by atoms with Crippen LogP contribution in [0.5, 0.6) is 0 Å². The number of primary amides is 1. The van der Waals surface area contributed by atoms with Crippen molar-refractivity contribution in [2.75, 3.05) is 16.8 Å². The maximum Gasteiger partial charge on any atom is 0.316 e. The molecule has 1 aliphatic heterocycles. The van der Waals surface area contributed by atoms with E-state index in [-0.39, 0.29) is 0 Å². The minimum absolute atomic E-state index is 0.525. The van der Waals surface area contributed by atoms with Crippen LogP contribution in [-0.4, -0.2) is 12.6 Å². The van der Waals surface area contributed by atoms with Crippen LogP contribution in [0.1, 0.15) is 19.3 Å². The van der Waals surface area contributed by atoms with Gasteiger partial charge in [0.1, 0.15) is 0 Å². The largest absolute Gasteiger partial charge is 0.351 e. The van der Waals surface area contributed by atoms with Gasteiger partial charge in [0.15, 0.2) is 0 Å². The number of urea groups is 1. The van der Waals surface area contributed by atoms with Gasteiger partial charge in [-0.1, -0.05) is 24.3 Å². The molecular weight excluding hydrogens is 250 g/mol. The van der Waals surface area contributed by atoms with Gasteiger partial charge in [-0.2, -0.15) is 0 Å². The molecule has 4 heteroatoms. The SMILES string of the molecule is NC(=O)Nc1ccccc1N1CCCC2CC=CC=C21. The van der Waals surface area contributed by atoms with E-state index in [4.69, 9.17) is 5.73 Å². The fourth-order valence-corrected chi connectivity index (χ4v) is 3.07. The van der Waals surface area contributed by atoms with Crippen molar-refractivity contribution in [3.05, 3.63) is 48.2 Å². The summed E-state index contributed by atoms with van der Waals surface area (Å²) >= 11 is 0. The van der Waals surface area contributed by atoms with E-state index < -0.39 is 6.03 Å². The summed E-state index contributed by atoms with van der Waals surface area (Å²) in [5.41, 5.74) is 8.40. The Morgan fingerprint density at radius 3 is 3.05 bits per heavy atom. The monoisotopic (exact) mass is 269 g/mol. The van der Waals surface area contributed by atoms with Gasteiger partial charge in [-0.3, -0.25) is 0 Å². The third-order valence-corrected chi connectivity index (χ3v) is 3.94.